The first-order valence-corrected chi connectivity index (χ1v) is 11.9. The molecule has 1 fully saturated rings. The number of hydrogen-bond acceptors (Lipinski definition) is 2. The van der Waals surface area contributed by atoms with Gasteiger partial charge in [-0.3, -0.25) is 4.79 Å². The predicted octanol–water partition coefficient (Wildman–Crippen LogP) is 6.13. The molecule has 0 aliphatic carbocycles. The maximum absolute atomic E-state index is 13.9. The Morgan fingerprint density at radius 2 is 1.73 bits per heavy atom. The Morgan fingerprint density at radius 3 is 2.45 bits per heavy atom. The summed E-state index contributed by atoms with van der Waals surface area (Å²) in [5.41, 5.74) is 2.54. The van der Waals surface area contributed by atoms with Crippen molar-refractivity contribution in [1.82, 2.24) is 9.80 Å². The summed E-state index contributed by atoms with van der Waals surface area (Å²) in [5, 5.41) is 2.86. The van der Waals surface area contributed by atoms with E-state index in [1.54, 1.807) is 0 Å². The highest BCUT2D eigenvalue weighted by Gasteiger charge is 2.45. The van der Waals surface area contributed by atoms with Crippen LogP contribution >= 0.6 is 11.6 Å². The lowest BCUT2D eigenvalue weighted by Gasteiger charge is -2.42. The van der Waals surface area contributed by atoms with Crippen LogP contribution in [0.15, 0.2) is 72.3 Å². The maximum Gasteiger partial charge on any atom is 0.251 e. The Morgan fingerprint density at radius 1 is 1.03 bits per heavy atom. The monoisotopic (exact) mass is 462 g/mol. The number of likely N-dealkylation sites (tertiary alicyclic amines) is 1. The summed E-state index contributed by atoms with van der Waals surface area (Å²) < 4.78 is 13.7. The van der Waals surface area contributed by atoms with E-state index in [1.807, 2.05) is 41.3 Å². The number of carbonyl (C=O) groups excluding carboxylic acids is 1. The third kappa shape index (κ3) is 3.85. The minimum absolute atomic E-state index is 0.0698. The molecule has 0 unspecified atom stereocenters. The number of nitrogens with zero attached hydrogens (tertiary/aromatic N) is 2. The molecule has 0 aromatic heterocycles. The Hall–Kier alpha value is -2.69. The average Bonchev–Trinajstić information content (AvgIpc) is 3.21. The van der Waals surface area contributed by atoms with Crippen LogP contribution < -0.4 is 0 Å². The molecular formula is C28H28ClFN2O. The number of halogens is 2. The second-order valence-electron chi connectivity index (χ2n) is 9.36. The normalized spacial score (nSPS) is 19.7. The summed E-state index contributed by atoms with van der Waals surface area (Å²) in [7, 11) is 2.11. The molecule has 2 aliphatic heterocycles. The Bertz CT molecular complexity index is 1230. The van der Waals surface area contributed by atoms with Gasteiger partial charge in [0.15, 0.2) is 0 Å². The van der Waals surface area contributed by atoms with E-state index < -0.39 is 0 Å². The van der Waals surface area contributed by atoms with Gasteiger partial charge >= 0.3 is 0 Å². The first-order chi connectivity index (χ1) is 15.9. The number of fused-ring (bicyclic) bond motifs is 1. The first-order valence-electron chi connectivity index (χ1n) is 11.5. The van der Waals surface area contributed by atoms with Crippen molar-refractivity contribution >= 4 is 28.3 Å². The van der Waals surface area contributed by atoms with Crippen LogP contribution in [-0.2, 0) is 10.2 Å². The van der Waals surface area contributed by atoms with Crippen LogP contribution in [0, 0.1) is 5.82 Å². The summed E-state index contributed by atoms with van der Waals surface area (Å²) in [6, 6.07) is 18.7. The van der Waals surface area contributed by atoms with Crippen LogP contribution in [0.4, 0.5) is 4.39 Å². The maximum atomic E-state index is 13.9. The van der Waals surface area contributed by atoms with Gasteiger partial charge in [-0.05, 0) is 86.1 Å². The Balaban J connectivity index is 1.50. The topological polar surface area (TPSA) is 23.6 Å². The van der Waals surface area contributed by atoms with Crippen molar-refractivity contribution in [2.24, 2.45) is 0 Å². The third-order valence-electron chi connectivity index (χ3n) is 7.51. The molecule has 3 nitrogen and oxygen atoms in total. The minimum atomic E-state index is -0.387. The number of benzene rings is 3. The number of rotatable bonds is 4. The highest BCUT2D eigenvalue weighted by Crippen LogP contribution is 2.45. The SMILES string of the molecule is C[C@@H](c1cc(Cl)cc2ccccc12)N1CC=C(C2(c3ccc(F)cc3)CCN(C)CC2)C1=O. The van der Waals surface area contributed by atoms with Crippen molar-refractivity contribution in [3.63, 3.8) is 0 Å². The van der Waals surface area contributed by atoms with Crippen LogP contribution in [-0.4, -0.2) is 42.4 Å². The smallest absolute Gasteiger partial charge is 0.251 e. The Labute approximate surface area is 199 Å². The molecule has 5 rings (SSSR count). The van der Waals surface area contributed by atoms with Crippen molar-refractivity contribution in [3.8, 4) is 0 Å². The average molecular weight is 463 g/mol. The molecule has 3 aromatic rings. The van der Waals surface area contributed by atoms with E-state index in [1.165, 1.54) is 12.1 Å². The third-order valence-corrected chi connectivity index (χ3v) is 7.73. The van der Waals surface area contributed by atoms with Crippen LogP contribution in [0.2, 0.25) is 5.02 Å². The molecule has 1 saturated heterocycles. The second-order valence-corrected chi connectivity index (χ2v) is 9.80. The second kappa shape index (κ2) is 8.58. The van der Waals surface area contributed by atoms with Gasteiger partial charge in [0, 0.05) is 22.6 Å². The van der Waals surface area contributed by atoms with E-state index in [-0.39, 0.29) is 23.2 Å². The summed E-state index contributed by atoms with van der Waals surface area (Å²) in [6.45, 7) is 4.44. The summed E-state index contributed by atoms with van der Waals surface area (Å²) >= 11 is 6.44. The fourth-order valence-corrected chi connectivity index (χ4v) is 5.78. The zero-order chi connectivity index (χ0) is 23.2. The fraction of sp³-hybridized carbons (Fsp3) is 0.321. The molecule has 0 spiro atoms. The summed E-state index contributed by atoms with van der Waals surface area (Å²) in [4.78, 5) is 18.1. The molecule has 0 radical (unpaired) electrons. The Kier molecular flexibility index (Phi) is 5.75. The van der Waals surface area contributed by atoms with E-state index in [0.717, 1.165) is 53.4 Å². The number of carbonyl (C=O) groups is 1. The van der Waals surface area contributed by atoms with Gasteiger partial charge in [-0.1, -0.05) is 54.1 Å². The standard InChI is InChI=1S/C28H28ClFN2O/c1-19(25-18-22(29)17-20-5-3-4-6-24(20)25)32-14-11-26(27(32)33)28(12-15-31(2)16-13-28)21-7-9-23(30)10-8-21/h3-11,17-19H,12-16H2,1-2H3/t19-/m0/s1. The molecule has 0 bridgehead atoms. The van der Waals surface area contributed by atoms with E-state index >= 15 is 0 Å². The van der Waals surface area contributed by atoms with Gasteiger partial charge in [-0.2, -0.15) is 0 Å². The molecule has 5 heteroatoms. The lowest BCUT2D eigenvalue weighted by atomic mass is 9.67. The molecule has 1 amide bonds. The van der Waals surface area contributed by atoms with Gasteiger partial charge < -0.3 is 9.80 Å². The molecule has 3 aromatic carbocycles. The highest BCUT2D eigenvalue weighted by atomic mass is 35.5. The molecule has 170 valence electrons. The van der Waals surface area contributed by atoms with E-state index in [0.29, 0.717) is 11.6 Å². The highest BCUT2D eigenvalue weighted by molar-refractivity contribution is 6.31. The molecule has 33 heavy (non-hydrogen) atoms. The molecule has 2 heterocycles. The molecule has 2 aliphatic rings. The van der Waals surface area contributed by atoms with Crippen molar-refractivity contribution in [1.29, 1.82) is 0 Å². The van der Waals surface area contributed by atoms with Crippen molar-refractivity contribution in [3.05, 3.63) is 94.3 Å². The lowest BCUT2D eigenvalue weighted by Crippen LogP contribution is -2.45. The fourth-order valence-electron chi connectivity index (χ4n) is 5.55. The number of hydrogen-bond donors (Lipinski definition) is 0. The van der Waals surface area contributed by atoms with Crippen molar-refractivity contribution in [2.75, 3.05) is 26.7 Å². The van der Waals surface area contributed by atoms with Gasteiger partial charge in [0.25, 0.3) is 5.91 Å². The zero-order valence-corrected chi connectivity index (χ0v) is 19.8. The quantitative estimate of drug-likeness (QED) is 0.466. The van der Waals surface area contributed by atoms with Crippen LogP contribution in [0.25, 0.3) is 10.8 Å². The summed E-state index contributed by atoms with van der Waals surface area (Å²) in [5.74, 6) is -0.183. The lowest BCUT2D eigenvalue weighted by molar-refractivity contribution is -0.128. The van der Waals surface area contributed by atoms with E-state index in [9.17, 15) is 9.18 Å². The van der Waals surface area contributed by atoms with Gasteiger partial charge in [0.1, 0.15) is 5.82 Å². The van der Waals surface area contributed by atoms with Gasteiger partial charge in [-0.15, -0.1) is 0 Å². The van der Waals surface area contributed by atoms with E-state index in [4.69, 9.17) is 11.6 Å². The summed E-state index contributed by atoms with van der Waals surface area (Å²) in [6.07, 6.45) is 3.78. The van der Waals surface area contributed by atoms with Gasteiger partial charge in [0.05, 0.1) is 6.04 Å². The predicted molar refractivity (Wildman–Crippen MR) is 132 cm³/mol. The molecule has 0 N–H and O–H groups in total. The zero-order valence-electron chi connectivity index (χ0n) is 19.0. The van der Waals surface area contributed by atoms with Crippen molar-refractivity contribution < 1.29 is 9.18 Å². The van der Waals surface area contributed by atoms with Gasteiger partial charge in [-0.25, -0.2) is 4.39 Å². The van der Waals surface area contributed by atoms with E-state index in [2.05, 4.69) is 37.1 Å². The first kappa shape index (κ1) is 22.1. The van der Waals surface area contributed by atoms with Crippen LogP contribution in [0.5, 0.6) is 0 Å². The molecule has 1 atom stereocenters. The van der Waals surface area contributed by atoms with Gasteiger partial charge in [0.2, 0.25) is 0 Å². The van der Waals surface area contributed by atoms with Crippen LogP contribution in [0.3, 0.4) is 0 Å². The molecule has 0 saturated carbocycles. The largest absolute Gasteiger partial charge is 0.328 e. The number of piperidine rings is 1. The van der Waals surface area contributed by atoms with Crippen molar-refractivity contribution in [2.45, 2.75) is 31.2 Å². The molecular weight excluding hydrogens is 435 g/mol. The minimum Gasteiger partial charge on any atom is -0.328 e. The number of amides is 1. The van der Waals surface area contributed by atoms with Crippen LogP contribution in [0.1, 0.15) is 36.9 Å².